The molecule has 0 saturated heterocycles. The molecule has 0 aromatic heterocycles. The fourth-order valence-electron chi connectivity index (χ4n) is 2.55. The minimum Gasteiger partial charge on any atom is -0.355 e. The molecule has 0 aliphatic rings. The third-order valence-electron chi connectivity index (χ3n) is 4.11. The molecule has 0 bridgehead atoms. The first-order chi connectivity index (χ1) is 12.8. The number of hydrogen-bond acceptors (Lipinski definition) is 3. The van der Waals surface area contributed by atoms with Crippen LogP contribution < -0.4 is 9.62 Å². The highest BCUT2D eigenvalue weighted by molar-refractivity contribution is 7.92. The van der Waals surface area contributed by atoms with Crippen LogP contribution in [0.2, 0.25) is 0 Å². The van der Waals surface area contributed by atoms with Gasteiger partial charge in [0, 0.05) is 6.54 Å². The first-order valence-corrected chi connectivity index (χ1v) is 10.4. The van der Waals surface area contributed by atoms with Gasteiger partial charge in [-0.05, 0) is 49.7 Å². The normalized spacial score (nSPS) is 11.2. The molecule has 0 spiro atoms. The molecule has 0 radical (unpaired) electrons. The summed E-state index contributed by atoms with van der Waals surface area (Å²) < 4.78 is 40.4. The second kappa shape index (κ2) is 9.50. The Bertz CT molecular complexity index is 850. The van der Waals surface area contributed by atoms with E-state index in [2.05, 4.69) is 12.2 Å². The van der Waals surface area contributed by atoms with Gasteiger partial charge in [-0.25, -0.2) is 12.8 Å². The highest BCUT2D eigenvalue weighted by Crippen LogP contribution is 2.24. The fourth-order valence-corrected chi connectivity index (χ4v) is 3.97. The second-order valence-corrected chi connectivity index (χ2v) is 8.22. The summed E-state index contributed by atoms with van der Waals surface area (Å²) in [6.07, 6.45) is 2.87. The zero-order chi connectivity index (χ0) is 19.9. The molecular weight excluding hydrogens is 367 g/mol. The number of rotatable bonds is 9. The summed E-state index contributed by atoms with van der Waals surface area (Å²) in [6, 6.07) is 11.4. The van der Waals surface area contributed by atoms with E-state index in [1.54, 1.807) is 24.3 Å². The van der Waals surface area contributed by atoms with Gasteiger partial charge in [-0.1, -0.05) is 37.5 Å². The van der Waals surface area contributed by atoms with E-state index >= 15 is 0 Å². The van der Waals surface area contributed by atoms with Crippen LogP contribution in [0.15, 0.2) is 53.4 Å². The molecule has 0 aliphatic heterocycles. The lowest BCUT2D eigenvalue weighted by Gasteiger charge is -2.24. The van der Waals surface area contributed by atoms with Crippen molar-refractivity contribution in [2.75, 3.05) is 17.4 Å². The average Bonchev–Trinajstić information content (AvgIpc) is 2.64. The second-order valence-electron chi connectivity index (χ2n) is 6.36. The Kier molecular flexibility index (Phi) is 7.36. The first kappa shape index (κ1) is 20.9. The number of unbranched alkanes of at least 4 members (excludes halogenated alkanes) is 2. The van der Waals surface area contributed by atoms with Crippen LogP contribution in [0.5, 0.6) is 0 Å². The fraction of sp³-hybridized carbons (Fsp3) is 0.350. The van der Waals surface area contributed by atoms with Crippen LogP contribution in [0, 0.1) is 12.7 Å². The lowest BCUT2D eigenvalue weighted by Crippen LogP contribution is -2.41. The van der Waals surface area contributed by atoms with E-state index < -0.39 is 15.8 Å². The Morgan fingerprint density at radius 2 is 1.67 bits per heavy atom. The maximum atomic E-state index is 13.2. The van der Waals surface area contributed by atoms with Crippen molar-refractivity contribution < 1.29 is 17.6 Å². The predicted octanol–water partition coefficient (Wildman–Crippen LogP) is 3.64. The maximum absolute atomic E-state index is 13.2. The van der Waals surface area contributed by atoms with Gasteiger partial charge >= 0.3 is 0 Å². The molecule has 1 amide bonds. The van der Waals surface area contributed by atoms with Crippen LogP contribution in [0.1, 0.15) is 31.7 Å². The van der Waals surface area contributed by atoms with Gasteiger partial charge in [0.2, 0.25) is 5.91 Å². The Balaban J connectivity index is 2.28. The zero-order valence-corrected chi connectivity index (χ0v) is 16.4. The lowest BCUT2D eigenvalue weighted by molar-refractivity contribution is -0.119. The van der Waals surface area contributed by atoms with Gasteiger partial charge in [0.1, 0.15) is 12.4 Å². The minimum absolute atomic E-state index is 0.0664. The summed E-state index contributed by atoms with van der Waals surface area (Å²) in [5.41, 5.74) is 1.36. The SMILES string of the molecule is CCCCCNC(=O)CN(c1ccc(C)cc1)S(=O)(=O)c1ccc(F)cc1. The Labute approximate surface area is 160 Å². The van der Waals surface area contributed by atoms with Gasteiger partial charge < -0.3 is 5.32 Å². The van der Waals surface area contributed by atoms with Crippen molar-refractivity contribution in [2.24, 2.45) is 0 Å². The number of anilines is 1. The molecule has 0 aliphatic carbocycles. The van der Waals surface area contributed by atoms with E-state index in [4.69, 9.17) is 0 Å². The van der Waals surface area contributed by atoms with Crippen LogP contribution in [0.4, 0.5) is 10.1 Å². The van der Waals surface area contributed by atoms with Gasteiger partial charge in [-0.3, -0.25) is 9.10 Å². The Hall–Kier alpha value is -2.41. The molecule has 27 heavy (non-hydrogen) atoms. The molecule has 0 heterocycles. The molecule has 0 atom stereocenters. The molecule has 2 aromatic rings. The number of carbonyl (C=O) groups is 1. The van der Waals surface area contributed by atoms with Gasteiger partial charge in [-0.15, -0.1) is 0 Å². The van der Waals surface area contributed by atoms with Crippen molar-refractivity contribution in [3.8, 4) is 0 Å². The molecule has 2 aromatic carbocycles. The zero-order valence-electron chi connectivity index (χ0n) is 15.6. The number of hydrogen-bond donors (Lipinski definition) is 1. The minimum atomic E-state index is -4.01. The largest absolute Gasteiger partial charge is 0.355 e. The van der Waals surface area contributed by atoms with E-state index in [1.807, 2.05) is 6.92 Å². The van der Waals surface area contributed by atoms with E-state index in [0.29, 0.717) is 12.2 Å². The van der Waals surface area contributed by atoms with E-state index in [1.165, 1.54) is 12.1 Å². The number of benzene rings is 2. The third kappa shape index (κ3) is 5.79. The average molecular weight is 392 g/mol. The Morgan fingerprint density at radius 1 is 1.04 bits per heavy atom. The highest BCUT2D eigenvalue weighted by Gasteiger charge is 2.27. The molecule has 146 valence electrons. The monoisotopic (exact) mass is 392 g/mol. The highest BCUT2D eigenvalue weighted by atomic mass is 32.2. The molecule has 2 rings (SSSR count). The van der Waals surface area contributed by atoms with Crippen molar-refractivity contribution in [1.29, 1.82) is 0 Å². The van der Waals surface area contributed by atoms with Gasteiger partial charge in [0.05, 0.1) is 10.6 Å². The summed E-state index contributed by atoms with van der Waals surface area (Å²) in [7, 11) is -4.01. The standard InChI is InChI=1S/C20H25FN2O3S/c1-3-4-5-14-22-20(24)15-23(18-10-6-16(2)7-11-18)27(25,26)19-12-8-17(21)9-13-19/h6-13H,3-5,14-15H2,1-2H3,(H,22,24). The smallest absolute Gasteiger partial charge is 0.264 e. The summed E-state index contributed by atoms with van der Waals surface area (Å²) in [6.45, 7) is 4.12. The number of aryl methyl sites for hydroxylation is 1. The molecule has 0 fully saturated rings. The Morgan fingerprint density at radius 3 is 2.26 bits per heavy atom. The summed E-state index contributed by atoms with van der Waals surface area (Å²) >= 11 is 0. The number of nitrogens with one attached hydrogen (secondary N) is 1. The number of nitrogens with zero attached hydrogens (tertiary/aromatic N) is 1. The van der Waals surface area contributed by atoms with Crippen LogP contribution >= 0.6 is 0 Å². The van der Waals surface area contributed by atoms with Crippen molar-refractivity contribution in [1.82, 2.24) is 5.32 Å². The predicted molar refractivity (Wildman–Crippen MR) is 105 cm³/mol. The summed E-state index contributed by atoms with van der Waals surface area (Å²) in [5, 5.41) is 2.76. The molecular formula is C20H25FN2O3S. The maximum Gasteiger partial charge on any atom is 0.264 e. The van der Waals surface area contributed by atoms with Crippen LogP contribution in [0.3, 0.4) is 0 Å². The molecule has 7 heteroatoms. The number of halogens is 1. The van der Waals surface area contributed by atoms with E-state index in [0.717, 1.165) is 41.3 Å². The number of sulfonamides is 1. The van der Waals surface area contributed by atoms with Crippen molar-refractivity contribution in [3.05, 3.63) is 59.9 Å². The topological polar surface area (TPSA) is 66.5 Å². The van der Waals surface area contributed by atoms with Gasteiger partial charge in [0.25, 0.3) is 10.0 Å². The van der Waals surface area contributed by atoms with Gasteiger partial charge in [-0.2, -0.15) is 0 Å². The van der Waals surface area contributed by atoms with Crippen LogP contribution in [-0.4, -0.2) is 27.4 Å². The third-order valence-corrected chi connectivity index (χ3v) is 5.90. The number of amides is 1. The summed E-state index contributed by atoms with van der Waals surface area (Å²) in [5.74, 6) is -0.901. The number of carbonyl (C=O) groups excluding carboxylic acids is 1. The van der Waals surface area contributed by atoms with E-state index in [-0.39, 0.29) is 17.3 Å². The van der Waals surface area contributed by atoms with Crippen molar-refractivity contribution in [2.45, 2.75) is 38.0 Å². The molecule has 0 unspecified atom stereocenters. The molecule has 1 N–H and O–H groups in total. The van der Waals surface area contributed by atoms with Gasteiger partial charge in [0.15, 0.2) is 0 Å². The molecule has 5 nitrogen and oxygen atoms in total. The molecule has 0 saturated carbocycles. The van der Waals surface area contributed by atoms with Crippen molar-refractivity contribution in [3.63, 3.8) is 0 Å². The summed E-state index contributed by atoms with van der Waals surface area (Å²) in [4.78, 5) is 12.2. The van der Waals surface area contributed by atoms with Crippen LogP contribution in [0.25, 0.3) is 0 Å². The van der Waals surface area contributed by atoms with Crippen LogP contribution in [-0.2, 0) is 14.8 Å². The van der Waals surface area contributed by atoms with Crippen molar-refractivity contribution >= 4 is 21.6 Å². The first-order valence-electron chi connectivity index (χ1n) is 8.96. The lowest BCUT2D eigenvalue weighted by atomic mass is 10.2. The quantitative estimate of drug-likeness (QED) is 0.663. The van der Waals surface area contributed by atoms with E-state index in [9.17, 15) is 17.6 Å².